The van der Waals surface area contributed by atoms with Crippen LogP contribution in [0.1, 0.15) is 65.4 Å². The third-order valence-corrected chi connectivity index (χ3v) is 10.7. The van der Waals surface area contributed by atoms with Crippen LogP contribution in [0.15, 0.2) is 33.7 Å². The molecule has 4 aliphatic rings. The molecule has 0 aromatic heterocycles. The van der Waals surface area contributed by atoms with Crippen LogP contribution in [0.3, 0.4) is 0 Å². The molecule has 0 bridgehead atoms. The van der Waals surface area contributed by atoms with Gasteiger partial charge in [0.15, 0.2) is 0 Å². The molecular formula is C32H44BrN5O4. The molecule has 5 rings (SSSR count). The normalized spacial score (nSPS) is 30.8. The van der Waals surface area contributed by atoms with Gasteiger partial charge in [0.1, 0.15) is 12.1 Å². The van der Waals surface area contributed by atoms with Gasteiger partial charge in [-0.25, -0.2) is 0 Å². The molecule has 2 saturated heterocycles. The van der Waals surface area contributed by atoms with E-state index in [0.717, 1.165) is 22.9 Å². The highest BCUT2D eigenvalue weighted by atomic mass is 79.9. The van der Waals surface area contributed by atoms with Crippen LogP contribution >= 0.6 is 15.9 Å². The maximum atomic E-state index is 14.2. The topological polar surface area (TPSA) is 120 Å². The first kappa shape index (κ1) is 30.7. The Bertz CT molecular complexity index is 1290. The van der Waals surface area contributed by atoms with Crippen molar-refractivity contribution in [3.63, 3.8) is 0 Å². The van der Waals surface area contributed by atoms with E-state index in [2.05, 4.69) is 50.7 Å². The van der Waals surface area contributed by atoms with Crippen molar-refractivity contribution < 1.29 is 19.2 Å². The molecular weight excluding hydrogens is 598 g/mol. The van der Waals surface area contributed by atoms with E-state index >= 15 is 0 Å². The molecule has 2 aliphatic carbocycles. The Labute approximate surface area is 257 Å². The van der Waals surface area contributed by atoms with Crippen LogP contribution < -0.4 is 16.0 Å². The van der Waals surface area contributed by atoms with E-state index in [1.165, 1.54) is 0 Å². The van der Waals surface area contributed by atoms with Gasteiger partial charge < -0.3 is 20.9 Å². The number of likely N-dealkylation sites (tertiary alicyclic amines) is 1. The quantitative estimate of drug-likeness (QED) is 0.359. The van der Waals surface area contributed by atoms with Crippen LogP contribution in [-0.2, 0) is 19.2 Å². The van der Waals surface area contributed by atoms with Gasteiger partial charge in [-0.3, -0.25) is 24.2 Å². The number of rotatable bonds is 9. The average molecular weight is 643 g/mol. The van der Waals surface area contributed by atoms with Gasteiger partial charge in [-0.05, 0) is 59.5 Å². The second-order valence-electron chi connectivity index (χ2n) is 14.2. The molecule has 3 N–H and O–H groups in total. The Kier molecular flexibility index (Phi) is 8.33. The second-order valence-corrected chi connectivity index (χ2v) is 15.1. The molecule has 4 fully saturated rings. The molecule has 2 heterocycles. The van der Waals surface area contributed by atoms with Gasteiger partial charge in [-0.1, -0.05) is 68.7 Å². The van der Waals surface area contributed by atoms with Gasteiger partial charge in [0, 0.05) is 42.7 Å². The fraction of sp³-hybridized carbons (Fsp3) is 0.656. The summed E-state index contributed by atoms with van der Waals surface area (Å²) in [6.45, 7) is 11.3. The molecule has 8 atom stereocenters. The number of carbonyl (C=O) groups excluding carboxylic acids is 4. The summed E-state index contributed by atoms with van der Waals surface area (Å²) in [6.07, 6.45) is 3.61. The van der Waals surface area contributed by atoms with E-state index in [9.17, 15) is 19.2 Å². The van der Waals surface area contributed by atoms with Gasteiger partial charge in [-0.2, -0.15) is 0 Å². The third-order valence-electron chi connectivity index (χ3n) is 9.95. The first-order chi connectivity index (χ1) is 19.8. The lowest BCUT2D eigenvalue weighted by Gasteiger charge is -2.38. The van der Waals surface area contributed by atoms with Gasteiger partial charge in [0.2, 0.25) is 23.6 Å². The Morgan fingerprint density at radius 2 is 1.90 bits per heavy atom. The number of nitrogens with zero attached hydrogens (tertiary/aromatic N) is 2. The van der Waals surface area contributed by atoms with Crippen molar-refractivity contribution in [2.75, 3.05) is 20.1 Å². The lowest BCUT2D eigenvalue weighted by atomic mass is 9.85. The van der Waals surface area contributed by atoms with Gasteiger partial charge in [-0.15, -0.1) is 0 Å². The highest BCUT2D eigenvalue weighted by Crippen LogP contribution is 2.65. The molecule has 0 unspecified atom stereocenters. The van der Waals surface area contributed by atoms with Crippen molar-refractivity contribution in [1.82, 2.24) is 20.9 Å². The second kappa shape index (κ2) is 11.4. The van der Waals surface area contributed by atoms with Crippen molar-refractivity contribution in [3.05, 3.63) is 34.3 Å². The fourth-order valence-corrected chi connectivity index (χ4v) is 7.84. The Balaban J connectivity index is 1.31. The summed E-state index contributed by atoms with van der Waals surface area (Å²) < 4.78 is 0.987. The van der Waals surface area contributed by atoms with Crippen LogP contribution in [0.25, 0.3) is 0 Å². The SMILES string of the molecule is CN=C[C@H](C[C@@H]1CCNC1=O)NC(=O)[C@@H]1[C@@H]2[C@H](CN1C(=O)[C@@H](NC(=O)[C@@H]1C[C@H]1c1ccccc1Br)C(C)(C)C)C2(C)C. The van der Waals surface area contributed by atoms with Crippen LogP contribution in [0.5, 0.6) is 0 Å². The van der Waals surface area contributed by atoms with Gasteiger partial charge >= 0.3 is 0 Å². The summed E-state index contributed by atoms with van der Waals surface area (Å²) in [5.41, 5.74) is 0.500. The fourth-order valence-electron chi connectivity index (χ4n) is 7.26. The number of amides is 4. The maximum absolute atomic E-state index is 14.2. The summed E-state index contributed by atoms with van der Waals surface area (Å²) in [4.78, 5) is 59.7. The predicted octanol–water partition coefficient (Wildman–Crippen LogP) is 3.28. The lowest BCUT2D eigenvalue weighted by molar-refractivity contribution is -0.145. The van der Waals surface area contributed by atoms with E-state index in [1.54, 1.807) is 18.2 Å². The minimum Gasteiger partial charge on any atom is -0.356 e. The number of hydrogen-bond acceptors (Lipinski definition) is 5. The average Bonchev–Trinajstić information content (AvgIpc) is 3.65. The summed E-state index contributed by atoms with van der Waals surface area (Å²) >= 11 is 3.60. The largest absolute Gasteiger partial charge is 0.356 e. The van der Waals surface area contributed by atoms with Gasteiger partial charge in [0.25, 0.3) is 0 Å². The third kappa shape index (κ3) is 5.88. The number of hydrogen-bond donors (Lipinski definition) is 3. The predicted molar refractivity (Wildman–Crippen MR) is 165 cm³/mol. The first-order valence-corrected chi connectivity index (χ1v) is 15.9. The minimum atomic E-state index is -0.767. The van der Waals surface area contributed by atoms with E-state index in [0.29, 0.717) is 19.5 Å². The zero-order valence-corrected chi connectivity index (χ0v) is 27.0. The van der Waals surface area contributed by atoms with Crippen molar-refractivity contribution in [2.24, 2.45) is 39.5 Å². The summed E-state index contributed by atoms with van der Waals surface area (Å²) in [7, 11) is 1.65. The Morgan fingerprint density at radius 3 is 2.52 bits per heavy atom. The highest BCUT2D eigenvalue weighted by Gasteiger charge is 2.70. The van der Waals surface area contributed by atoms with Crippen LogP contribution in [-0.4, -0.2) is 73.0 Å². The monoisotopic (exact) mass is 641 g/mol. The maximum Gasteiger partial charge on any atom is 0.246 e. The Hall–Kier alpha value is -2.75. The molecule has 42 heavy (non-hydrogen) atoms. The summed E-state index contributed by atoms with van der Waals surface area (Å²) in [5, 5.41) is 9.06. The van der Waals surface area contributed by atoms with E-state index < -0.39 is 23.5 Å². The molecule has 2 saturated carbocycles. The lowest BCUT2D eigenvalue weighted by Crippen LogP contribution is -2.60. The van der Waals surface area contributed by atoms with Crippen LogP contribution in [0.4, 0.5) is 0 Å². The minimum absolute atomic E-state index is 0.00102. The van der Waals surface area contributed by atoms with E-state index in [4.69, 9.17) is 0 Å². The number of benzene rings is 1. The molecule has 228 valence electrons. The number of halogens is 1. The van der Waals surface area contributed by atoms with E-state index in [1.807, 2.05) is 45.0 Å². The summed E-state index contributed by atoms with van der Waals surface area (Å²) in [5.74, 6) is -0.547. The number of aliphatic imine (C=N–C) groups is 1. The molecule has 0 spiro atoms. The number of carbonyl (C=O) groups is 4. The van der Waals surface area contributed by atoms with Crippen molar-refractivity contribution in [2.45, 2.75) is 77.9 Å². The summed E-state index contributed by atoms with van der Waals surface area (Å²) in [6, 6.07) is 6.13. The van der Waals surface area contributed by atoms with Crippen LogP contribution in [0.2, 0.25) is 0 Å². The smallest absolute Gasteiger partial charge is 0.246 e. The van der Waals surface area contributed by atoms with Crippen molar-refractivity contribution in [3.8, 4) is 0 Å². The molecule has 1 aromatic rings. The number of nitrogens with one attached hydrogen (secondary N) is 3. The number of fused-ring (bicyclic) bond motifs is 1. The van der Waals surface area contributed by atoms with Crippen molar-refractivity contribution in [1.29, 1.82) is 0 Å². The van der Waals surface area contributed by atoms with Crippen molar-refractivity contribution >= 4 is 45.8 Å². The zero-order valence-electron chi connectivity index (χ0n) is 25.4. The highest BCUT2D eigenvalue weighted by molar-refractivity contribution is 9.10. The van der Waals surface area contributed by atoms with Crippen LogP contribution in [0, 0.1) is 34.5 Å². The van der Waals surface area contributed by atoms with E-state index in [-0.39, 0.29) is 58.6 Å². The standard InChI is InChI=1S/C32H44BrN5O4/c1-31(2,3)26(37-28(40)21-14-20(21)19-9-7-8-10-23(19)33)30(42)38-16-22-24(32(22,4)5)25(38)29(41)36-18(15-34-6)13-17-11-12-35-27(17)39/h7-10,15,17-18,20-22,24-26H,11-14,16H2,1-6H3,(H,35,39)(H,36,41)(H,37,40)/t17-,18-,20-,21+,22-,24-,25-,26+/m0/s1. The molecule has 9 nitrogen and oxygen atoms in total. The molecule has 0 radical (unpaired) electrons. The molecule has 4 amide bonds. The zero-order chi connectivity index (χ0) is 30.6. The molecule has 10 heteroatoms. The molecule has 2 aliphatic heterocycles. The molecule has 1 aromatic carbocycles. The first-order valence-electron chi connectivity index (χ1n) is 15.1. The number of piperidine rings is 1. The van der Waals surface area contributed by atoms with Gasteiger partial charge in [0.05, 0.1) is 6.04 Å². The Morgan fingerprint density at radius 1 is 1.19 bits per heavy atom.